The molecule has 0 fully saturated rings. The lowest BCUT2D eigenvalue weighted by atomic mass is 10.4. The van der Waals surface area contributed by atoms with Gasteiger partial charge in [0.2, 0.25) is 0 Å². The fraction of sp³-hybridized carbons (Fsp3) is 0.385. The van der Waals surface area contributed by atoms with Gasteiger partial charge in [0.05, 0.1) is 6.61 Å². The van der Waals surface area contributed by atoms with Crippen LogP contribution in [0.4, 0.5) is 0 Å². The lowest BCUT2D eigenvalue weighted by molar-refractivity contribution is -0.132. The van der Waals surface area contributed by atoms with E-state index < -0.39 is 17.9 Å². The maximum absolute atomic E-state index is 11.8. The number of amides is 2. The number of hydrogen-bond donors (Lipinski definition) is 2. The number of aryl methyl sites for hydroxylation is 1. The first-order valence-corrected chi connectivity index (χ1v) is 6.89. The molecule has 0 saturated heterocycles. The Hall–Kier alpha value is -1.60. The molecule has 1 aromatic rings. The highest BCUT2D eigenvalue weighted by molar-refractivity contribution is 9.10. The number of hydrogen-bond acceptors (Lipinski definition) is 3. The first-order valence-electron chi connectivity index (χ1n) is 6.10. The van der Waals surface area contributed by atoms with Gasteiger partial charge < -0.3 is 9.30 Å². The van der Waals surface area contributed by atoms with E-state index in [9.17, 15) is 9.59 Å². The van der Waals surface area contributed by atoms with Crippen LogP contribution in [0.3, 0.4) is 0 Å². The van der Waals surface area contributed by atoms with Gasteiger partial charge >= 0.3 is 0 Å². The number of ether oxygens (including phenoxy) is 1. The Bertz CT molecular complexity index is 499. The SMILES string of the molecule is C=CCCO[C@H](C)C(=O)NNC(=O)c1cc(Br)cn1C. The first-order chi connectivity index (χ1) is 9.45. The van der Waals surface area contributed by atoms with Crippen molar-refractivity contribution in [3.05, 3.63) is 35.1 Å². The maximum atomic E-state index is 11.8. The Kier molecular flexibility index (Phi) is 6.47. The molecule has 2 amide bonds. The molecule has 20 heavy (non-hydrogen) atoms. The molecule has 7 heteroatoms. The Morgan fingerprint density at radius 3 is 2.80 bits per heavy atom. The third-order valence-corrected chi connectivity index (χ3v) is 3.00. The third kappa shape index (κ3) is 4.82. The molecular weight excluding hydrogens is 326 g/mol. The second-order valence-electron chi connectivity index (χ2n) is 4.19. The molecule has 1 rings (SSSR count). The zero-order valence-electron chi connectivity index (χ0n) is 11.5. The van der Waals surface area contributed by atoms with Gasteiger partial charge in [-0.25, -0.2) is 0 Å². The number of carbonyl (C=O) groups is 2. The molecule has 1 aromatic heterocycles. The van der Waals surface area contributed by atoms with E-state index in [1.165, 1.54) is 0 Å². The molecular formula is C13H18BrN3O3. The second kappa shape index (κ2) is 7.86. The molecule has 1 heterocycles. The van der Waals surface area contributed by atoms with Crippen LogP contribution in [0, 0.1) is 0 Å². The van der Waals surface area contributed by atoms with Gasteiger partial charge in [0.15, 0.2) is 0 Å². The molecule has 110 valence electrons. The summed E-state index contributed by atoms with van der Waals surface area (Å²) in [4.78, 5) is 23.5. The van der Waals surface area contributed by atoms with E-state index in [-0.39, 0.29) is 0 Å². The van der Waals surface area contributed by atoms with E-state index >= 15 is 0 Å². The van der Waals surface area contributed by atoms with E-state index in [1.807, 2.05) is 0 Å². The molecule has 0 saturated carbocycles. The number of hydrazine groups is 1. The van der Waals surface area contributed by atoms with E-state index in [1.54, 1.807) is 36.9 Å². The highest BCUT2D eigenvalue weighted by Gasteiger charge is 2.15. The predicted molar refractivity (Wildman–Crippen MR) is 78.9 cm³/mol. The van der Waals surface area contributed by atoms with Gasteiger partial charge in [0.1, 0.15) is 11.8 Å². The summed E-state index contributed by atoms with van der Waals surface area (Å²) >= 11 is 3.27. The van der Waals surface area contributed by atoms with Crippen LogP contribution in [0.1, 0.15) is 23.8 Å². The summed E-state index contributed by atoms with van der Waals surface area (Å²) < 4.78 is 7.70. The summed E-state index contributed by atoms with van der Waals surface area (Å²) in [6, 6.07) is 1.66. The lowest BCUT2D eigenvalue weighted by Gasteiger charge is -2.13. The highest BCUT2D eigenvalue weighted by atomic mass is 79.9. The summed E-state index contributed by atoms with van der Waals surface area (Å²) in [5, 5.41) is 0. The first kappa shape index (κ1) is 16.5. The quantitative estimate of drug-likeness (QED) is 0.467. The zero-order chi connectivity index (χ0) is 15.1. The largest absolute Gasteiger partial charge is 0.368 e. The molecule has 2 N–H and O–H groups in total. The second-order valence-corrected chi connectivity index (χ2v) is 5.10. The smallest absolute Gasteiger partial charge is 0.286 e. The highest BCUT2D eigenvalue weighted by Crippen LogP contribution is 2.13. The summed E-state index contributed by atoms with van der Waals surface area (Å²) in [5.74, 6) is -0.805. The molecule has 0 bridgehead atoms. The topological polar surface area (TPSA) is 72.4 Å². The van der Waals surface area contributed by atoms with Crippen molar-refractivity contribution in [3.8, 4) is 0 Å². The fourth-order valence-corrected chi connectivity index (χ4v) is 1.96. The van der Waals surface area contributed by atoms with Crippen LogP contribution in [0.2, 0.25) is 0 Å². The van der Waals surface area contributed by atoms with Gasteiger partial charge in [-0.2, -0.15) is 0 Å². The lowest BCUT2D eigenvalue weighted by Crippen LogP contribution is -2.46. The Morgan fingerprint density at radius 2 is 2.25 bits per heavy atom. The van der Waals surface area contributed by atoms with E-state index in [0.29, 0.717) is 18.7 Å². The van der Waals surface area contributed by atoms with Crippen LogP contribution in [0.15, 0.2) is 29.4 Å². The van der Waals surface area contributed by atoms with Crippen LogP contribution >= 0.6 is 15.9 Å². The van der Waals surface area contributed by atoms with Crippen molar-refractivity contribution < 1.29 is 14.3 Å². The number of aromatic nitrogens is 1. The third-order valence-electron chi connectivity index (χ3n) is 2.56. The van der Waals surface area contributed by atoms with Crippen LogP contribution in [0.25, 0.3) is 0 Å². The van der Waals surface area contributed by atoms with Crippen LogP contribution in [-0.4, -0.2) is 29.1 Å². The molecule has 6 nitrogen and oxygen atoms in total. The van der Waals surface area contributed by atoms with Crippen molar-refractivity contribution in [2.24, 2.45) is 7.05 Å². The minimum Gasteiger partial charge on any atom is -0.368 e. The van der Waals surface area contributed by atoms with Crippen LogP contribution in [-0.2, 0) is 16.6 Å². The van der Waals surface area contributed by atoms with Gasteiger partial charge in [-0.15, -0.1) is 6.58 Å². The number of rotatable bonds is 6. The van der Waals surface area contributed by atoms with E-state index in [4.69, 9.17) is 4.74 Å². The summed E-state index contributed by atoms with van der Waals surface area (Å²) in [7, 11) is 1.74. The number of nitrogens with zero attached hydrogens (tertiary/aromatic N) is 1. The van der Waals surface area contributed by atoms with Gasteiger partial charge in [-0.05, 0) is 35.3 Å². The van der Waals surface area contributed by atoms with Gasteiger partial charge in [-0.1, -0.05) is 6.08 Å². The normalized spacial score (nSPS) is 11.8. The Morgan fingerprint density at radius 1 is 1.55 bits per heavy atom. The van der Waals surface area contributed by atoms with Gasteiger partial charge in [0.25, 0.3) is 11.8 Å². The van der Waals surface area contributed by atoms with Crippen molar-refractivity contribution in [2.45, 2.75) is 19.4 Å². The van der Waals surface area contributed by atoms with E-state index in [2.05, 4.69) is 33.4 Å². The Balaban J connectivity index is 2.42. The van der Waals surface area contributed by atoms with Crippen molar-refractivity contribution in [1.29, 1.82) is 0 Å². The molecule has 0 aliphatic rings. The van der Waals surface area contributed by atoms with Gasteiger partial charge in [0, 0.05) is 17.7 Å². The molecule has 0 unspecified atom stereocenters. The standard InChI is InChI=1S/C13H18BrN3O3/c1-4-5-6-20-9(2)12(18)15-16-13(19)11-7-10(14)8-17(11)3/h4,7-9H,1,5-6H2,2-3H3,(H,15,18)(H,16,19)/t9-/m1/s1. The van der Waals surface area contributed by atoms with Gasteiger partial charge in [-0.3, -0.25) is 20.4 Å². The summed E-state index contributed by atoms with van der Waals surface area (Å²) in [5.41, 5.74) is 5.10. The molecule has 0 spiro atoms. The molecule has 0 radical (unpaired) electrons. The zero-order valence-corrected chi connectivity index (χ0v) is 13.1. The maximum Gasteiger partial charge on any atom is 0.286 e. The molecule has 0 aliphatic carbocycles. The molecule has 0 aromatic carbocycles. The average Bonchev–Trinajstić information content (AvgIpc) is 2.74. The van der Waals surface area contributed by atoms with Crippen molar-refractivity contribution >= 4 is 27.7 Å². The number of nitrogens with one attached hydrogen (secondary N) is 2. The summed E-state index contributed by atoms with van der Waals surface area (Å²) in [6.45, 7) is 5.59. The van der Waals surface area contributed by atoms with E-state index in [0.717, 1.165) is 4.47 Å². The predicted octanol–water partition coefficient (Wildman–Crippen LogP) is 1.53. The molecule has 1 atom stereocenters. The van der Waals surface area contributed by atoms with Crippen LogP contribution < -0.4 is 10.9 Å². The minimum atomic E-state index is -0.643. The summed E-state index contributed by atoms with van der Waals surface area (Å²) in [6.07, 6.45) is 3.48. The van der Waals surface area contributed by atoms with Crippen molar-refractivity contribution in [2.75, 3.05) is 6.61 Å². The molecule has 0 aliphatic heterocycles. The minimum absolute atomic E-state index is 0.398. The van der Waals surface area contributed by atoms with Crippen LogP contribution in [0.5, 0.6) is 0 Å². The fourth-order valence-electron chi connectivity index (χ4n) is 1.44. The Labute approximate surface area is 126 Å². The number of halogens is 1. The van der Waals surface area contributed by atoms with Crippen molar-refractivity contribution in [3.63, 3.8) is 0 Å². The monoisotopic (exact) mass is 343 g/mol. The number of carbonyl (C=O) groups excluding carboxylic acids is 2. The van der Waals surface area contributed by atoms with Crippen molar-refractivity contribution in [1.82, 2.24) is 15.4 Å². The average molecular weight is 344 g/mol.